The summed E-state index contributed by atoms with van der Waals surface area (Å²) in [6.45, 7) is 5.12. The highest BCUT2D eigenvalue weighted by atomic mass is 32.1. The van der Waals surface area contributed by atoms with E-state index in [1.165, 1.54) is 4.88 Å². The SMILES string of the molecule is Cc1ccc(OC[C@H]2c3ccsc3CCN2C(=O)CN(Cc2ccco2)C(=O)c2ccc(C)cc2)cc1. The minimum absolute atomic E-state index is 0.0477. The molecule has 1 atom stereocenters. The number of carbonyl (C=O) groups is 2. The van der Waals surface area contributed by atoms with Gasteiger partial charge in [-0.1, -0.05) is 35.4 Å². The Kier molecular flexibility index (Phi) is 7.42. The first-order valence-electron chi connectivity index (χ1n) is 12.4. The molecular formula is C30H30N2O4S. The number of amides is 2. The zero-order valence-corrected chi connectivity index (χ0v) is 21.9. The Morgan fingerprint density at radius 1 is 1.03 bits per heavy atom. The largest absolute Gasteiger partial charge is 0.491 e. The maximum absolute atomic E-state index is 13.8. The van der Waals surface area contributed by atoms with Gasteiger partial charge in [-0.15, -0.1) is 11.3 Å². The number of benzene rings is 2. The van der Waals surface area contributed by atoms with E-state index in [-0.39, 0.29) is 30.9 Å². The van der Waals surface area contributed by atoms with Gasteiger partial charge in [-0.05, 0) is 73.7 Å². The molecule has 0 unspecified atom stereocenters. The lowest BCUT2D eigenvalue weighted by molar-refractivity contribution is -0.135. The number of nitrogens with zero attached hydrogens (tertiary/aromatic N) is 2. The molecule has 0 saturated carbocycles. The van der Waals surface area contributed by atoms with E-state index in [0.717, 1.165) is 28.9 Å². The highest BCUT2D eigenvalue weighted by Gasteiger charge is 2.34. The molecule has 2 aromatic heterocycles. The van der Waals surface area contributed by atoms with Crippen LogP contribution in [-0.4, -0.2) is 41.3 Å². The molecule has 2 aromatic carbocycles. The van der Waals surface area contributed by atoms with Crippen LogP contribution < -0.4 is 4.74 Å². The van der Waals surface area contributed by atoms with Crippen molar-refractivity contribution in [1.29, 1.82) is 0 Å². The third kappa shape index (κ3) is 5.78. The molecule has 0 saturated heterocycles. The summed E-state index contributed by atoms with van der Waals surface area (Å²) in [5, 5.41) is 2.07. The average molecular weight is 515 g/mol. The molecule has 190 valence electrons. The van der Waals surface area contributed by atoms with E-state index in [0.29, 0.717) is 24.5 Å². The van der Waals surface area contributed by atoms with Gasteiger partial charge in [0.25, 0.3) is 5.91 Å². The van der Waals surface area contributed by atoms with Crippen molar-refractivity contribution in [2.75, 3.05) is 19.7 Å². The van der Waals surface area contributed by atoms with Crippen LogP contribution in [0, 0.1) is 13.8 Å². The fourth-order valence-electron chi connectivity index (χ4n) is 4.61. The van der Waals surface area contributed by atoms with Gasteiger partial charge in [-0.25, -0.2) is 0 Å². The predicted octanol–water partition coefficient (Wildman–Crippen LogP) is 5.81. The first-order chi connectivity index (χ1) is 18.0. The minimum Gasteiger partial charge on any atom is -0.491 e. The van der Waals surface area contributed by atoms with Crippen molar-refractivity contribution in [1.82, 2.24) is 9.80 Å². The number of ether oxygens (including phenoxy) is 1. The molecule has 6 nitrogen and oxygen atoms in total. The van der Waals surface area contributed by atoms with Crippen LogP contribution in [-0.2, 0) is 17.8 Å². The van der Waals surface area contributed by atoms with Crippen molar-refractivity contribution in [3.8, 4) is 5.75 Å². The summed E-state index contributed by atoms with van der Waals surface area (Å²) in [6.07, 6.45) is 2.37. The fourth-order valence-corrected chi connectivity index (χ4v) is 5.54. The second kappa shape index (κ2) is 11.0. The summed E-state index contributed by atoms with van der Waals surface area (Å²) < 4.78 is 11.7. The van der Waals surface area contributed by atoms with Crippen molar-refractivity contribution >= 4 is 23.2 Å². The maximum atomic E-state index is 13.8. The number of hydrogen-bond acceptors (Lipinski definition) is 5. The number of fused-ring (bicyclic) bond motifs is 1. The van der Waals surface area contributed by atoms with E-state index in [2.05, 4.69) is 11.4 Å². The third-order valence-corrected chi connectivity index (χ3v) is 7.68. The fraction of sp³-hybridized carbons (Fsp3) is 0.267. The summed E-state index contributed by atoms with van der Waals surface area (Å²) in [6, 6.07) is 20.8. The Bertz CT molecular complexity index is 1340. The molecule has 7 heteroatoms. The van der Waals surface area contributed by atoms with Gasteiger partial charge in [0.2, 0.25) is 5.91 Å². The molecule has 0 bridgehead atoms. The first kappa shape index (κ1) is 24.8. The van der Waals surface area contributed by atoms with Crippen LogP contribution in [0.2, 0.25) is 0 Å². The van der Waals surface area contributed by atoms with Crippen LogP contribution in [0.1, 0.15) is 43.7 Å². The van der Waals surface area contributed by atoms with E-state index >= 15 is 0 Å². The average Bonchev–Trinajstić information content (AvgIpc) is 3.60. The van der Waals surface area contributed by atoms with Gasteiger partial charge in [0.15, 0.2) is 0 Å². The molecule has 37 heavy (non-hydrogen) atoms. The van der Waals surface area contributed by atoms with Crippen LogP contribution in [0.3, 0.4) is 0 Å². The Morgan fingerprint density at radius 2 is 1.76 bits per heavy atom. The highest BCUT2D eigenvalue weighted by Crippen LogP contribution is 2.34. The monoisotopic (exact) mass is 514 g/mol. The number of rotatable bonds is 8. The molecule has 5 rings (SSSR count). The molecule has 4 aromatic rings. The van der Waals surface area contributed by atoms with E-state index in [4.69, 9.17) is 9.15 Å². The van der Waals surface area contributed by atoms with Gasteiger partial charge in [-0.2, -0.15) is 0 Å². The van der Waals surface area contributed by atoms with Crippen molar-refractivity contribution in [3.63, 3.8) is 0 Å². The van der Waals surface area contributed by atoms with Crippen LogP contribution in [0.15, 0.2) is 82.8 Å². The van der Waals surface area contributed by atoms with Crippen LogP contribution in [0.4, 0.5) is 0 Å². The number of thiophene rings is 1. The molecule has 0 spiro atoms. The second-order valence-corrected chi connectivity index (χ2v) is 10.4. The molecular weight excluding hydrogens is 484 g/mol. The Morgan fingerprint density at radius 3 is 2.46 bits per heavy atom. The lowest BCUT2D eigenvalue weighted by atomic mass is 10.00. The van der Waals surface area contributed by atoms with Crippen molar-refractivity contribution in [2.24, 2.45) is 0 Å². The minimum atomic E-state index is -0.219. The number of hydrogen-bond donors (Lipinski definition) is 0. The normalized spacial score (nSPS) is 14.8. The van der Waals surface area contributed by atoms with Gasteiger partial charge in [0.1, 0.15) is 24.7 Å². The number of carbonyl (C=O) groups excluding carboxylic acids is 2. The van der Waals surface area contributed by atoms with E-state index in [1.54, 1.807) is 40.7 Å². The molecule has 0 aliphatic carbocycles. The molecule has 3 heterocycles. The summed E-state index contributed by atoms with van der Waals surface area (Å²) in [4.78, 5) is 31.9. The summed E-state index contributed by atoms with van der Waals surface area (Å²) in [7, 11) is 0. The summed E-state index contributed by atoms with van der Waals surface area (Å²) in [5.74, 6) is 1.09. The Hall–Kier alpha value is -3.84. The molecule has 0 N–H and O–H groups in total. The van der Waals surface area contributed by atoms with Crippen molar-refractivity contribution in [3.05, 3.63) is 111 Å². The van der Waals surface area contributed by atoms with Gasteiger partial charge < -0.3 is 19.0 Å². The van der Waals surface area contributed by atoms with E-state index in [1.807, 2.05) is 61.2 Å². The van der Waals surface area contributed by atoms with E-state index in [9.17, 15) is 9.59 Å². The van der Waals surface area contributed by atoms with Gasteiger partial charge in [0.05, 0.1) is 18.8 Å². The number of furan rings is 1. The molecule has 0 radical (unpaired) electrons. The van der Waals surface area contributed by atoms with E-state index < -0.39 is 0 Å². The number of aryl methyl sites for hydroxylation is 2. The standard InChI is InChI=1S/C30H30N2O4S/c1-21-5-9-23(10-6-21)30(34)31(18-25-4-3-16-35-25)19-29(33)32-15-13-28-26(14-17-37-28)27(32)20-36-24-11-7-22(2)8-12-24/h3-12,14,16-17,27H,13,15,18-20H2,1-2H3/t27-/m0/s1. The molecule has 2 amide bonds. The second-order valence-electron chi connectivity index (χ2n) is 9.38. The zero-order valence-electron chi connectivity index (χ0n) is 21.1. The maximum Gasteiger partial charge on any atom is 0.254 e. The third-order valence-electron chi connectivity index (χ3n) is 6.68. The smallest absolute Gasteiger partial charge is 0.254 e. The Labute approximate surface area is 221 Å². The van der Waals surface area contributed by atoms with Crippen molar-refractivity contribution in [2.45, 2.75) is 32.9 Å². The lowest BCUT2D eigenvalue weighted by Gasteiger charge is -2.37. The Balaban J connectivity index is 1.36. The molecule has 1 aliphatic heterocycles. The van der Waals surface area contributed by atoms with Crippen LogP contribution >= 0.6 is 11.3 Å². The van der Waals surface area contributed by atoms with Gasteiger partial charge >= 0.3 is 0 Å². The first-order valence-corrected chi connectivity index (χ1v) is 13.3. The van der Waals surface area contributed by atoms with Crippen LogP contribution in [0.5, 0.6) is 5.75 Å². The molecule has 0 fully saturated rings. The van der Waals surface area contributed by atoms with Gasteiger partial charge in [-0.3, -0.25) is 9.59 Å². The quantitative estimate of drug-likeness (QED) is 0.298. The van der Waals surface area contributed by atoms with Crippen LogP contribution in [0.25, 0.3) is 0 Å². The van der Waals surface area contributed by atoms with Crippen molar-refractivity contribution < 1.29 is 18.7 Å². The lowest BCUT2D eigenvalue weighted by Crippen LogP contribution is -2.47. The predicted molar refractivity (Wildman–Crippen MR) is 144 cm³/mol. The molecule has 1 aliphatic rings. The van der Waals surface area contributed by atoms with Gasteiger partial charge in [0, 0.05) is 17.0 Å². The highest BCUT2D eigenvalue weighted by molar-refractivity contribution is 7.10. The zero-order chi connectivity index (χ0) is 25.8. The summed E-state index contributed by atoms with van der Waals surface area (Å²) in [5.41, 5.74) is 3.90. The summed E-state index contributed by atoms with van der Waals surface area (Å²) >= 11 is 1.72. The topological polar surface area (TPSA) is 63.0 Å².